The van der Waals surface area contributed by atoms with Crippen LogP contribution in [0.5, 0.6) is 23.0 Å². The van der Waals surface area contributed by atoms with Gasteiger partial charge >= 0.3 is 5.69 Å². The van der Waals surface area contributed by atoms with Gasteiger partial charge in [-0.15, -0.1) is 0 Å². The summed E-state index contributed by atoms with van der Waals surface area (Å²) in [6.07, 6.45) is 1.63. The molecule has 0 unspecified atom stereocenters. The van der Waals surface area contributed by atoms with E-state index >= 15 is 0 Å². The number of non-ortho nitro benzene ring substituents is 1. The minimum atomic E-state index is -0.769. The fraction of sp³-hybridized carbons (Fsp3) is 0.120. The molecule has 14 heteroatoms. The van der Waals surface area contributed by atoms with E-state index in [2.05, 4.69) is 0 Å². The van der Waals surface area contributed by atoms with Crippen LogP contribution in [-0.2, 0) is 4.79 Å². The van der Waals surface area contributed by atoms with Crippen molar-refractivity contribution in [3.63, 3.8) is 0 Å². The van der Waals surface area contributed by atoms with Crippen molar-refractivity contribution in [2.75, 3.05) is 18.6 Å². The third-order valence-corrected chi connectivity index (χ3v) is 6.92. The van der Waals surface area contributed by atoms with Gasteiger partial charge in [0, 0.05) is 6.07 Å². The fourth-order valence-electron chi connectivity index (χ4n) is 3.57. The summed E-state index contributed by atoms with van der Waals surface area (Å²) in [5.41, 5.74) is 0.0640. The molecule has 0 aromatic heterocycles. The van der Waals surface area contributed by atoms with Crippen molar-refractivity contribution in [1.82, 2.24) is 0 Å². The van der Waals surface area contributed by atoms with Crippen LogP contribution in [0.15, 0.2) is 59.5 Å². The first-order chi connectivity index (χ1) is 18.6. The molecular formula is C25H18ClN3O8S2. The van der Waals surface area contributed by atoms with Crippen LogP contribution in [0.4, 0.5) is 17.1 Å². The van der Waals surface area contributed by atoms with E-state index in [0.29, 0.717) is 31.2 Å². The second-order valence-electron chi connectivity index (χ2n) is 7.74. The topological polar surface area (TPSA) is 134 Å². The molecule has 3 aromatic rings. The number of carbonyl (C=O) groups excluding carboxylic acids is 1. The quantitative estimate of drug-likeness (QED) is 0.114. The highest BCUT2D eigenvalue weighted by molar-refractivity contribution is 8.27. The maximum absolute atomic E-state index is 13.2. The van der Waals surface area contributed by atoms with E-state index in [1.165, 1.54) is 18.1 Å². The molecule has 1 amide bonds. The predicted octanol–water partition coefficient (Wildman–Crippen LogP) is 6.76. The molecule has 0 bridgehead atoms. The van der Waals surface area contributed by atoms with E-state index in [1.54, 1.807) is 43.3 Å². The molecule has 3 aromatic carbocycles. The number of nitro benzene ring substituents is 2. The Bertz CT molecular complexity index is 1550. The number of benzene rings is 3. The van der Waals surface area contributed by atoms with Gasteiger partial charge in [0.05, 0.1) is 45.2 Å². The number of thioether (sulfide) groups is 1. The lowest BCUT2D eigenvalue weighted by Crippen LogP contribution is -2.27. The summed E-state index contributed by atoms with van der Waals surface area (Å²) >= 11 is 12.8. The molecule has 1 heterocycles. The van der Waals surface area contributed by atoms with Crippen LogP contribution in [0.2, 0.25) is 5.02 Å². The van der Waals surface area contributed by atoms with Gasteiger partial charge in [0.15, 0.2) is 15.8 Å². The van der Waals surface area contributed by atoms with E-state index in [4.69, 9.17) is 38.0 Å². The Hall–Kier alpha value is -4.20. The Morgan fingerprint density at radius 2 is 1.72 bits per heavy atom. The summed E-state index contributed by atoms with van der Waals surface area (Å²) < 4.78 is 16.9. The molecule has 200 valence electrons. The maximum atomic E-state index is 13.2. The summed E-state index contributed by atoms with van der Waals surface area (Å²) in [5, 5.41) is 22.8. The monoisotopic (exact) mass is 587 g/mol. The van der Waals surface area contributed by atoms with Crippen molar-refractivity contribution < 1.29 is 28.9 Å². The molecule has 1 saturated heterocycles. The van der Waals surface area contributed by atoms with Gasteiger partial charge < -0.3 is 14.2 Å². The molecule has 1 aliphatic rings. The lowest BCUT2D eigenvalue weighted by Gasteiger charge is -2.15. The molecule has 11 nitrogen and oxygen atoms in total. The van der Waals surface area contributed by atoms with E-state index < -0.39 is 21.2 Å². The fourth-order valence-corrected chi connectivity index (χ4v) is 5.12. The van der Waals surface area contributed by atoms with Crippen LogP contribution >= 0.6 is 35.6 Å². The Balaban J connectivity index is 1.63. The van der Waals surface area contributed by atoms with Crippen LogP contribution in [0, 0.1) is 20.2 Å². The van der Waals surface area contributed by atoms with Crippen LogP contribution in [-0.4, -0.2) is 33.8 Å². The van der Waals surface area contributed by atoms with Crippen LogP contribution in [0.1, 0.15) is 12.5 Å². The van der Waals surface area contributed by atoms with Crippen molar-refractivity contribution in [3.8, 4) is 23.0 Å². The van der Waals surface area contributed by atoms with Gasteiger partial charge in [0.1, 0.15) is 5.75 Å². The molecular weight excluding hydrogens is 570 g/mol. The average Bonchev–Trinajstić information content (AvgIpc) is 3.17. The van der Waals surface area contributed by atoms with Crippen molar-refractivity contribution in [2.24, 2.45) is 0 Å². The standard InChI is InChI=1S/C25H18ClN3O8S2/c1-3-36-22-10-14(4-7-21(22)37-20-9-6-16(28(31)32)13-18(20)29(33)34)11-23-24(30)27(25(38)39-23)15-5-8-19(35-2)17(26)12-15/h4-13H,3H2,1-2H3/b23-11+. The number of nitrogens with zero attached hydrogens (tertiary/aromatic N) is 3. The Kier molecular flexibility index (Phi) is 8.33. The number of rotatable bonds is 9. The number of amides is 1. The molecule has 0 atom stereocenters. The summed E-state index contributed by atoms with van der Waals surface area (Å²) in [6, 6.07) is 12.7. The summed E-state index contributed by atoms with van der Waals surface area (Å²) in [5.74, 6) is 0.318. The minimum Gasteiger partial charge on any atom is -0.495 e. The van der Waals surface area contributed by atoms with Crippen LogP contribution in [0.3, 0.4) is 0 Å². The lowest BCUT2D eigenvalue weighted by atomic mass is 10.1. The van der Waals surface area contributed by atoms with Gasteiger partial charge in [-0.3, -0.25) is 29.9 Å². The van der Waals surface area contributed by atoms with Gasteiger partial charge in [-0.1, -0.05) is 41.6 Å². The Morgan fingerprint density at radius 3 is 2.36 bits per heavy atom. The Labute approximate surface area is 236 Å². The summed E-state index contributed by atoms with van der Waals surface area (Å²) in [4.78, 5) is 35.9. The summed E-state index contributed by atoms with van der Waals surface area (Å²) in [6.45, 7) is 2.00. The largest absolute Gasteiger partial charge is 0.495 e. The number of hydrogen-bond acceptors (Lipinski definition) is 10. The number of thiocarbonyl (C=S) groups is 1. The number of methoxy groups -OCH3 is 1. The lowest BCUT2D eigenvalue weighted by molar-refractivity contribution is -0.394. The third kappa shape index (κ3) is 5.95. The van der Waals surface area contributed by atoms with E-state index in [1.807, 2.05) is 0 Å². The highest BCUT2D eigenvalue weighted by Gasteiger charge is 2.33. The zero-order valence-electron chi connectivity index (χ0n) is 20.3. The van der Waals surface area contributed by atoms with Crippen molar-refractivity contribution in [2.45, 2.75) is 6.92 Å². The maximum Gasteiger partial charge on any atom is 0.318 e. The van der Waals surface area contributed by atoms with Gasteiger partial charge in [-0.2, -0.15) is 0 Å². The predicted molar refractivity (Wildman–Crippen MR) is 151 cm³/mol. The van der Waals surface area contributed by atoms with Gasteiger partial charge in [-0.05, 0) is 55.0 Å². The number of hydrogen-bond donors (Lipinski definition) is 0. The molecule has 0 N–H and O–H groups in total. The summed E-state index contributed by atoms with van der Waals surface area (Å²) in [7, 11) is 1.49. The van der Waals surface area contributed by atoms with E-state index in [9.17, 15) is 25.0 Å². The average molecular weight is 588 g/mol. The normalized spacial score (nSPS) is 14.0. The molecule has 0 radical (unpaired) electrons. The highest BCUT2D eigenvalue weighted by atomic mass is 35.5. The number of halogens is 1. The number of anilines is 1. The third-order valence-electron chi connectivity index (χ3n) is 5.32. The van der Waals surface area contributed by atoms with Crippen LogP contribution in [0.25, 0.3) is 6.08 Å². The van der Waals surface area contributed by atoms with Crippen LogP contribution < -0.4 is 19.1 Å². The first kappa shape index (κ1) is 27.8. The Morgan fingerprint density at radius 1 is 1.00 bits per heavy atom. The molecule has 1 fully saturated rings. The second-order valence-corrected chi connectivity index (χ2v) is 9.83. The number of carbonyl (C=O) groups is 1. The van der Waals surface area contributed by atoms with Crippen molar-refractivity contribution in [1.29, 1.82) is 0 Å². The zero-order valence-corrected chi connectivity index (χ0v) is 22.7. The number of ether oxygens (including phenoxy) is 3. The molecule has 39 heavy (non-hydrogen) atoms. The number of nitro groups is 2. The zero-order chi connectivity index (χ0) is 28.3. The van der Waals surface area contributed by atoms with Gasteiger partial charge in [0.25, 0.3) is 11.6 Å². The molecule has 0 saturated carbocycles. The molecule has 0 aliphatic carbocycles. The van der Waals surface area contributed by atoms with E-state index in [-0.39, 0.29) is 29.8 Å². The second kappa shape index (κ2) is 11.7. The molecule has 1 aliphatic heterocycles. The first-order valence-electron chi connectivity index (χ1n) is 11.1. The highest BCUT2D eigenvalue weighted by Crippen LogP contribution is 2.41. The van der Waals surface area contributed by atoms with Crippen molar-refractivity contribution >= 4 is 68.9 Å². The first-order valence-corrected chi connectivity index (χ1v) is 12.7. The smallest absolute Gasteiger partial charge is 0.318 e. The minimum absolute atomic E-state index is 0.145. The van der Waals surface area contributed by atoms with E-state index in [0.717, 1.165) is 30.0 Å². The SMILES string of the molecule is CCOc1cc(/C=C2/SC(=S)N(c3ccc(OC)c(Cl)c3)C2=O)ccc1Oc1ccc([N+](=O)[O-])cc1[N+](=O)[O-]. The molecule has 4 rings (SSSR count). The van der Waals surface area contributed by atoms with Gasteiger partial charge in [-0.25, -0.2) is 0 Å². The van der Waals surface area contributed by atoms with Crippen molar-refractivity contribution in [3.05, 3.63) is 90.3 Å². The molecule has 0 spiro atoms. The van der Waals surface area contributed by atoms with Gasteiger partial charge in [0.2, 0.25) is 5.75 Å².